The van der Waals surface area contributed by atoms with Gasteiger partial charge in [-0.25, -0.2) is 0 Å². The lowest BCUT2D eigenvalue weighted by atomic mass is 10.3. The molecule has 0 saturated carbocycles. The first-order chi connectivity index (χ1) is 4.41. The maximum absolute atomic E-state index is 5.24. The van der Waals surface area contributed by atoms with E-state index in [4.69, 9.17) is 5.73 Å². The first kappa shape index (κ1) is 8.44. The van der Waals surface area contributed by atoms with Crippen molar-refractivity contribution < 1.29 is 0 Å². The van der Waals surface area contributed by atoms with E-state index in [2.05, 4.69) is 18.2 Å². The summed E-state index contributed by atoms with van der Waals surface area (Å²) in [4.78, 5) is 0. The molecule has 0 aromatic rings. The van der Waals surface area contributed by atoms with E-state index < -0.39 is 0 Å². The maximum Gasteiger partial charge on any atom is 0.0106 e. The van der Waals surface area contributed by atoms with Gasteiger partial charge in [-0.2, -0.15) is 0 Å². The van der Waals surface area contributed by atoms with E-state index in [1.807, 2.05) is 13.0 Å². The zero-order valence-electron chi connectivity index (χ0n) is 6.01. The van der Waals surface area contributed by atoms with E-state index in [-0.39, 0.29) is 0 Å². The molecule has 0 spiro atoms. The summed E-state index contributed by atoms with van der Waals surface area (Å²) in [6, 6.07) is 0. The fourth-order valence-corrected chi connectivity index (χ4v) is 0.573. The minimum atomic E-state index is 0.663. The van der Waals surface area contributed by atoms with E-state index in [9.17, 15) is 0 Å². The van der Waals surface area contributed by atoms with Gasteiger partial charge in [0.2, 0.25) is 0 Å². The monoisotopic (exact) mass is 125 g/mol. The number of hydrogen-bond donors (Lipinski definition) is 1. The molecule has 52 valence electrons. The molecular formula is C8H15N. The van der Waals surface area contributed by atoms with Crippen LogP contribution < -0.4 is 5.73 Å². The Kier molecular flexibility index (Phi) is 6.98. The zero-order valence-corrected chi connectivity index (χ0v) is 6.01. The van der Waals surface area contributed by atoms with E-state index >= 15 is 0 Å². The van der Waals surface area contributed by atoms with Gasteiger partial charge in [-0.15, -0.1) is 0 Å². The van der Waals surface area contributed by atoms with Crippen molar-refractivity contribution in [2.45, 2.75) is 19.8 Å². The average molecular weight is 125 g/mol. The van der Waals surface area contributed by atoms with Gasteiger partial charge in [-0.3, -0.25) is 0 Å². The molecule has 0 fully saturated rings. The van der Waals surface area contributed by atoms with Crippen LogP contribution in [0.5, 0.6) is 0 Å². The highest BCUT2D eigenvalue weighted by molar-refractivity contribution is 4.86. The standard InChI is InChI=1S/C8H15N/c1-2-3-4-5-6-7-8-9/h2-3,6-7H,4-5,8-9H2,1H3/b3-2?,7-6+. The molecule has 0 heterocycles. The molecule has 0 saturated heterocycles. The van der Waals surface area contributed by atoms with Crippen molar-refractivity contribution in [3.8, 4) is 0 Å². The Morgan fingerprint density at radius 3 is 2.33 bits per heavy atom. The van der Waals surface area contributed by atoms with E-state index in [1.54, 1.807) is 0 Å². The fourth-order valence-electron chi connectivity index (χ4n) is 0.573. The lowest BCUT2D eigenvalue weighted by molar-refractivity contribution is 1.04. The number of rotatable bonds is 4. The van der Waals surface area contributed by atoms with Gasteiger partial charge in [0, 0.05) is 6.54 Å². The normalized spacial score (nSPS) is 11.8. The average Bonchev–Trinajstić information content (AvgIpc) is 1.89. The van der Waals surface area contributed by atoms with Crippen LogP contribution in [0.4, 0.5) is 0 Å². The molecule has 0 bridgehead atoms. The van der Waals surface area contributed by atoms with Crippen LogP contribution >= 0.6 is 0 Å². The first-order valence-corrected chi connectivity index (χ1v) is 3.38. The second-order valence-corrected chi connectivity index (χ2v) is 1.85. The van der Waals surface area contributed by atoms with E-state index in [0.29, 0.717) is 6.54 Å². The van der Waals surface area contributed by atoms with Crippen LogP contribution in [0.15, 0.2) is 24.3 Å². The van der Waals surface area contributed by atoms with Crippen LogP contribution in [-0.2, 0) is 0 Å². The lowest BCUT2D eigenvalue weighted by Gasteiger charge is -1.83. The molecule has 0 aromatic heterocycles. The molecule has 0 amide bonds. The quantitative estimate of drug-likeness (QED) is 0.450. The second-order valence-electron chi connectivity index (χ2n) is 1.85. The fraction of sp³-hybridized carbons (Fsp3) is 0.500. The number of nitrogens with two attached hydrogens (primary N) is 1. The highest BCUT2D eigenvalue weighted by Crippen LogP contribution is 1.90. The topological polar surface area (TPSA) is 26.0 Å². The Morgan fingerprint density at radius 2 is 1.78 bits per heavy atom. The van der Waals surface area contributed by atoms with Crippen LogP contribution in [0.1, 0.15) is 19.8 Å². The molecule has 2 N–H and O–H groups in total. The summed E-state index contributed by atoms with van der Waals surface area (Å²) in [5.74, 6) is 0. The van der Waals surface area contributed by atoms with Gasteiger partial charge in [0.1, 0.15) is 0 Å². The molecule has 0 aliphatic rings. The van der Waals surface area contributed by atoms with Gasteiger partial charge in [0.05, 0.1) is 0 Å². The van der Waals surface area contributed by atoms with Crippen molar-refractivity contribution >= 4 is 0 Å². The second kappa shape index (κ2) is 7.44. The van der Waals surface area contributed by atoms with Crippen LogP contribution in [0.2, 0.25) is 0 Å². The first-order valence-electron chi connectivity index (χ1n) is 3.38. The van der Waals surface area contributed by atoms with Gasteiger partial charge in [-0.05, 0) is 19.8 Å². The molecule has 0 rings (SSSR count). The maximum atomic E-state index is 5.24. The Balaban J connectivity index is 2.99. The summed E-state index contributed by atoms with van der Waals surface area (Å²) in [7, 11) is 0. The summed E-state index contributed by atoms with van der Waals surface area (Å²) in [6.07, 6.45) is 10.6. The SMILES string of the molecule is CC=CCC/C=C/CN. The van der Waals surface area contributed by atoms with Crippen molar-refractivity contribution in [2.75, 3.05) is 6.54 Å². The largest absolute Gasteiger partial charge is 0.327 e. The summed E-state index contributed by atoms with van der Waals surface area (Å²) in [6.45, 7) is 2.70. The minimum absolute atomic E-state index is 0.663. The van der Waals surface area contributed by atoms with E-state index in [0.717, 1.165) is 12.8 Å². The Labute approximate surface area is 57.3 Å². The van der Waals surface area contributed by atoms with Crippen LogP contribution in [0, 0.1) is 0 Å². The van der Waals surface area contributed by atoms with Crippen molar-refractivity contribution in [1.82, 2.24) is 0 Å². The third kappa shape index (κ3) is 7.44. The van der Waals surface area contributed by atoms with Gasteiger partial charge >= 0.3 is 0 Å². The molecule has 0 radical (unpaired) electrons. The minimum Gasteiger partial charge on any atom is -0.327 e. The summed E-state index contributed by atoms with van der Waals surface area (Å²) in [5.41, 5.74) is 5.24. The van der Waals surface area contributed by atoms with Crippen LogP contribution in [0.25, 0.3) is 0 Å². The highest BCUT2D eigenvalue weighted by atomic mass is 14.5. The van der Waals surface area contributed by atoms with Crippen molar-refractivity contribution in [1.29, 1.82) is 0 Å². The number of hydrogen-bond acceptors (Lipinski definition) is 1. The lowest BCUT2D eigenvalue weighted by Crippen LogP contribution is -1.91. The van der Waals surface area contributed by atoms with Gasteiger partial charge in [0.25, 0.3) is 0 Å². The molecule has 0 aliphatic carbocycles. The predicted molar refractivity (Wildman–Crippen MR) is 42.2 cm³/mol. The van der Waals surface area contributed by atoms with Crippen LogP contribution in [0.3, 0.4) is 0 Å². The molecule has 9 heavy (non-hydrogen) atoms. The zero-order chi connectivity index (χ0) is 6.95. The molecule has 1 heteroatoms. The highest BCUT2D eigenvalue weighted by Gasteiger charge is 1.72. The van der Waals surface area contributed by atoms with Crippen molar-refractivity contribution in [3.05, 3.63) is 24.3 Å². The Hall–Kier alpha value is -0.560. The molecule has 0 atom stereocenters. The third-order valence-corrected chi connectivity index (χ3v) is 1.04. The molecule has 0 aromatic carbocycles. The summed E-state index contributed by atoms with van der Waals surface area (Å²) < 4.78 is 0. The molecular weight excluding hydrogens is 110 g/mol. The van der Waals surface area contributed by atoms with Crippen molar-refractivity contribution in [3.63, 3.8) is 0 Å². The Bertz CT molecular complexity index is 92.7. The smallest absolute Gasteiger partial charge is 0.0106 e. The van der Waals surface area contributed by atoms with E-state index in [1.165, 1.54) is 0 Å². The van der Waals surface area contributed by atoms with Gasteiger partial charge in [0.15, 0.2) is 0 Å². The van der Waals surface area contributed by atoms with Crippen LogP contribution in [-0.4, -0.2) is 6.54 Å². The summed E-state index contributed by atoms with van der Waals surface area (Å²) in [5, 5.41) is 0. The number of allylic oxidation sites excluding steroid dienone is 3. The van der Waals surface area contributed by atoms with Crippen molar-refractivity contribution in [2.24, 2.45) is 5.73 Å². The third-order valence-electron chi connectivity index (χ3n) is 1.04. The molecule has 1 nitrogen and oxygen atoms in total. The molecule has 0 unspecified atom stereocenters. The number of unbranched alkanes of at least 4 members (excludes halogenated alkanes) is 1. The summed E-state index contributed by atoms with van der Waals surface area (Å²) >= 11 is 0. The predicted octanol–water partition coefficient (Wildman–Crippen LogP) is 1.86. The van der Waals surface area contributed by atoms with Gasteiger partial charge < -0.3 is 5.73 Å². The Morgan fingerprint density at radius 1 is 1.11 bits per heavy atom. The molecule has 0 aliphatic heterocycles. The van der Waals surface area contributed by atoms with Gasteiger partial charge in [-0.1, -0.05) is 24.3 Å².